The van der Waals surface area contributed by atoms with Crippen molar-refractivity contribution >= 4 is 89.9 Å². The lowest BCUT2D eigenvalue weighted by atomic mass is 10.1. The van der Waals surface area contributed by atoms with Gasteiger partial charge in [0.1, 0.15) is 17.3 Å². The van der Waals surface area contributed by atoms with Crippen molar-refractivity contribution in [3.63, 3.8) is 0 Å². The van der Waals surface area contributed by atoms with Gasteiger partial charge in [0.25, 0.3) is 23.4 Å². The molecule has 6 aromatic rings. The van der Waals surface area contributed by atoms with Crippen LogP contribution >= 0.6 is 43.5 Å². The van der Waals surface area contributed by atoms with Crippen molar-refractivity contribution in [1.82, 2.24) is 0 Å². The topological polar surface area (TPSA) is 152 Å². The van der Waals surface area contributed by atoms with Crippen LogP contribution in [0.4, 0.5) is 27.1 Å². The minimum atomic E-state index is -0.425. The first kappa shape index (κ1) is 47.3. The summed E-state index contributed by atoms with van der Waals surface area (Å²) in [5, 5.41) is 8.65. The van der Waals surface area contributed by atoms with Gasteiger partial charge in [0, 0.05) is 59.5 Å². The molecule has 0 radical (unpaired) electrons. The average Bonchev–Trinajstić information content (AvgIpc) is 3.24. The van der Waals surface area contributed by atoms with Gasteiger partial charge in [-0.15, -0.1) is 0 Å². The van der Waals surface area contributed by atoms with Crippen molar-refractivity contribution in [2.45, 2.75) is 6.92 Å². The Morgan fingerprint density at radius 1 is 0.672 bits per heavy atom. The largest absolute Gasteiger partial charge is 0.496 e. The molecule has 0 aromatic heterocycles. The van der Waals surface area contributed by atoms with Gasteiger partial charge in [-0.05, 0) is 132 Å². The monoisotopic (exact) mass is 975 g/mol. The molecule has 61 heavy (non-hydrogen) atoms. The zero-order valence-electron chi connectivity index (χ0n) is 33.1. The summed E-state index contributed by atoms with van der Waals surface area (Å²) in [6.07, 6.45) is 0. The van der Waals surface area contributed by atoms with Gasteiger partial charge in [-0.25, -0.2) is 9.18 Å². The van der Waals surface area contributed by atoms with E-state index in [9.17, 15) is 28.5 Å². The zero-order chi connectivity index (χ0) is 44.5. The number of anilines is 3. The molecule has 0 saturated carbocycles. The third-order valence-corrected chi connectivity index (χ3v) is 9.88. The second kappa shape index (κ2) is 23.4. The second-order valence-corrected chi connectivity index (χ2v) is 14.8. The van der Waals surface area contributed by atoms with Crippen molar-refractivity contribution in [2.24, 2.45) is 0 Å². The van der Waals surface area contributed by atoms with Crippen LogP contribution in [-0.2, 0) is 9.53 Å². The summed E-state index contributed by atoms with van der Waals surface area (Å²) in [4.78, 5) is 58.2. The van der Waals surface area contributed by atoms with E-state index >= 15 is 0 Å². The number of aryl methyl sites for hydroxylation is 1. The van der Waals surface area contributed by atoms with Gasteiger partial charge in [0.2, 0.25) is 0 Å². The molecule has 6 rings (SSSR count). The number of carbonyl (C=O) groups is 4. The summed E-state index contributed by atoms with van der Waals surface area (Å²) >= 11 is 12.6. The number of hydrogen-bond donors (Lipinski definition) is 3. The molecule has 16 heteroatoms. The molecule has 314 valence electrons. The third-order valence-electron chi connectivity index (χ3n) is 8.17. The summed E-state index contributed by atoms with van der Waals surface area (Å²) in [6.45, 7) is 1.75. The van der Waals surface area contributed by atoms with E-state index in [0.717, 1.165) is 19.3 Å². The van der Waals surface area contributed by atoms with Crippen LogP contribution in [0.15, 0.2) is 142 Å². The summed E-state index contributed by atoms with van der Waals surface area (Å²) in [5.74, 6) is -0.492. The first-order valence-corrected chi connectivity index (χ1v) is 20.0. The number of ether oxygens (including phenoxy) is 3. The van der Waals surface area contributed by atoms with E-state index in [1.54, 1.807) is 116 Å². The van der Waals surface area contributed by atoms with E-state index < -0.39 is 17.7 Å². The fourth-order valence-electron chi connectivity index (χ4n) is 4.99. The molecular formula is C45H39Br2ClFN4O8+. The molecule has 3 amide bonds. The van der Waals surface area contributed by atoms with Crippen LogP contribution in [-0.4, -0.2) is 56.3 Å². The number of amides is 3. The number of nitrogens with one attached hydrogen (secondary N) is 3. The number of rotatable bonds is 11. The van der Waals surface area contributed by atoms with Crippen LogP contribution in [0.2, 0.25) is 5.02 Å². The minimum Gasteiger partial charge on any atom is -0.496 e. The predicted molar refractivity (Wildman–Crippen MR) is 241 cm³/mol. The highest BCUT2D eigenvalue weighted by molar-refractivity contribution is 9.10. The van der Waals surface area contributed by atoms with Crippen molar-refractivity contribution in [2.75, 3.05) is 43.8 Å². The summed E-state index contributed by atoms with van der Waals surface area (Å²) in [6, 6.07) is 36.0. The number of carbonyl (C=O) groups excluding carboxylic acids is 4. The minimum absolute atomic E-state index is 0.203. The number of hydrogen-bond acceptors (Lipinski definition) is 8. The standard InChI is InChI=1S/C16H14BrNO3.C15H13FN2O3.C14H11BrClNO2/c1-10-3-4-12(9-14(10)17)15(19)18-13-7-5-11(6-8-13)16(20)21-2;1-18(20)13-5-7-14(8-6-13)21-10-15(19)17-12-4-2-3-11(16)9-12;1-19-13-6-5-9(7-12(13)15)14(18)17-11-4-2-3-10(16)8-11/h3-9H,1-2H3,(H,18,19);2-9H,10H2,1H3;2-8H,1H3,(H,17,18)/p+1. The summed E-state index contributed by atoms with van der Waals surface area (Å²) in [7, 11) is 4.29. The van der Waals surface area contributed by atoms with Crippen molar-refractivity contribution < 1.29 is 42.5 Å². The van der Waals surface area contributed by atoms with E-state index in [1.807, 2.05) is 13.0 Å². The molecule has 0 saturated heterocycles. The van der Waals surface area contributed by atoms with Gasteiger partial charge in [0.05, 0.1) is 24.3 Å². The van der Waals surface area contributed by atoms with E-state index in [4.69, 9.17) is 21.1 Å². The summed E-state index contributed by atoms with van der Waals surface area (Å²) < 4.78 is 30.3. The van der Waals surface area contributed by atoms with Crippen LogP contribution in [0.25, 0.3) is 0 Å². The molecule has 0 bridgehead atoms. The van der Waals surface area contributed by atoms with Crippen LogP contribution < -0.4 is 25.4 Å². The molecule has 0 heterocycles. The van der Waals surface area contributed by atoms with Crippen molar-refractivity contribution in [3.8, 4) is 11.5 Å². The third kappa shape index (κ3) is 15.3. The SMILES string of the molecule is COC(=O)c1ccc(NC(=O)c2ccc(C)c(Br)c2)cc1.COc1ccc(C(=O)Nc2cccc(Cl)c2)cc1Br.C[N+](=O)c1ccc(OCC(=O)Nc2cccc(F)c2)cc1. The van der Waals surface area contributed by atoms with Gasteiger partial charge in [-0.2, -0.15) is 0 Å². The highest BCUT2D eigenvalue weighted by atomic mass is 79.9. The van der Waals surface area contributed by atoms with E-state index in [0.29, 0.717) is 56.0 Å². The maximum atomic E-state index is 13.0. The van der Waals surface area contributed by atoms with Gasteiger partial charge < -0.3 is 30.2 Å². The van der Waals surface area contributed by atoms with Crippen molar-refractivity contribution in [1.29, 1.82) is 0 Å². The van der Waals surface area contributed by atoms with Crippen LogP contribution in [0.5, 0.6) is 11.5 Å². The van der Waals surface area contributed by atoms with Crippen LogP contribution in [0.3, 0.4) is 0 Å². The molecule has 0 spiro atoms. The maximum absolute atomic E-state index is 13.0. The lowest BCUT2D eigenvalue weighted by Gasteiger charge is -2.08. The molecule has 0 atom stereocenters. The first-order valence-electron chi connectivity index (χ1n) is 18.0. The summed E-state index contributed by atoms with van der Waals surface area (Å²) in [5.41, 5.74) is 4.73. The number of esters is 1. The van der Waals surface area contributed by atoms with Gasteiger partial charge in [-0.3, -0.25) is 14.4 Å². The average molecular weight is 978 g/mol. The number of nitrogens with zero attached hydrogens (tertiary/aromatic N) is 1. The first-order chi connectivity index (χ1) is 29.1. The zero-order valence-corrected chi connectivity index (χ0v) is 37.1. The molecule has 3 N–H and O–H groups in total. The quantitative estimate of drug-likeness (QED) is 0.0857. The molecule has 0 aliphatic heterocycles. The fourth-order valence-corrected chi connectivity index (χ4v) is 6.10. The molecule has 12 nitrogen and oxygen atoms in total. The Hall–Kier alpha value is -6.42. The molecule has 0 unspecified atom stereocenters. The normalized spacial score (nSPS) is 10.0. The van der Waals surface area contributed by atoms with E-state index in [-0.39, 0.29) is 18.4 Å². The Morgan fingerprint density at radius 3 is 1.80 bits per heavy atom. The highest BCUT2D eigenvalue weighted by Gasteiger charge is 2.12. The number of nitroso groups, excluding NO2 is 1. The smallest absolute Gasteiger partial charge is 0.337 e. The Bertz CT molecular complexity index is 2510. The Morgan fingerprint density at radius 2 is 1.25 bits per heavy atom. The lowest BCUT2D eigenvalue weighted by molar-refractivity contribution is -0.428. The lowest BCUT2D eigenvalue weighted by Crippen LogP contribution is -2.20. The molecule has 0 fully saturated rings. The van der Waals surface area contributed by atoms with Gasteiger partial charge in [0.15, 0.2) is 13.7 Å². The fraction of sp³-hybridized carbons (Fsp3) is 0.111. The number of halogens is 4. The van der Waals surface area contributed by atoms with Gasteiger partial charge in [-0.1, -0.05) is 45.7 Å². The number of benzene rings is 6. The Balaban J connectivity index is 0.000000202. The molecule has 0 aliphatic carbocycles. The van der Waals surface area contributed by atoms with Crippen LogP contribution in [0, 0.1) is 17.6 Å². The Labute approximate surface area is 373 Å². The van der Waals surface area contributed by atoms with Crippen LogP contribution in [0.1, 0.15) is 36.6 Å². The predicted octanol–water partition coefficient (Wildman–Crippen LogP) is 11.0. The van der Waals surface area contributed by atoms with Gasteiger partial charge >= 0.3 is 5.97 Å². The molecular weight excluding hydrogens is 939 g/mol. The second-order valence-electron chi connectivity index (χ2n) is 12.6. The number of methoxy groups -OCH3 is 2. The highest BCUT2D eigenvalue weighted by Crippen LogP contribution is 2.26. The maximum Gasteiger partial charge on any atom is 0.337 e. The molecule has 0 aliphatic rings. The Kier molecular flexibility index (Phi) is 18.1. The molecule has 6 aromatic carbocycles. The van der Waals surface area contributed by atoms with E-state index in [1.165, 1.54) is 32.4 Å². The van der Waals surface area contributed by atoms with E-state index in [2.05, 4.69) is 52.5 Å². The van der Waals surface area contributed by atoms with Crippen molar-refractivity contribution in [3.05, 3.63) is 180 Å².